The SMILES string of the molecule is C#CCNC(C)C(=O)NCc1ccco1. The lowest BCUT2D eigenvalue weighted by molar-refractivity contribution is -0.122. The molecule has 0 bridgehead atoms. The van der Waals surface area contributed by atoms with Crippen molar-refractivity contribution in [3.8, 4) is 12.3 Å². The first-order chi connectivity index (χ1) is 7.24. The van der Waals surface area contributed by atoms with Crippen LogP contribution in [-0.2, 0) is 11.3 Å². The van der Waals surface area contributed by atoms with Gasteiger partial charge in [0.1, 0.15) is 5.76 Å². The molecule has 80 valence electrons. The highest BCUT2D eigenvalue weighted by Gasteiger charge is 2.10. The molecular weight excluding hydrogens is 192 g/mol. The minimum Gasteiger partial charge on any atom is -0.467 e. The predicted octanol–water partition coefficient (Wildman–Crippen LogP) is 0.507. The van der Waals surface area contributed by atoms with Crippen molar-refractivity contribution < 1.29 is 9.21 Å². The zero-order valence-electron chi connectivity index (χ0n) is 8.62. The van der Waals surface area contributed by atoms with Gasteiger partial charge in [0.15, 0.2) is 0 Å². The van der Waals surface area contributed by atoms with Gasteiger partial charge < -0.3 is 9.73 Å². The molecule has 0 saturated carbocycles. The zero-order valence-corrected chi connectivity index (χ0v) is 8.62. The first-order valence-corrected chi connectivity index (χ1v) is 4.71. The van der Waals surface area contributed by atoms with E-state index in [9.17, 15) is 4.79 Å². The first-order valence-electron chi connectivity index (χ1n) is 4.71. The van der Waals surface area contributed by atoms with Gasteiger partial charge in [0.2, 0.25) is 5.91 Å². The van der Waals surface area contributed by atoms with Gasteiger partial charge in [0, 0.05) is 0 Å². The van der Waals surface area contributed by atoms with Gasteiger partial charge in [0.05, 0.1) is 25.4 Å². The summed E-state index contributed by atoms with van der Waals surface area (Å²) in [5.74, 6) is 3.05. The van der Waals surface area contributed by atoms with Crippen LogP contribution in [0, 0.1) is 12.3 Å². The molecule has 1 amide bonds. The van der Waals surface area contributed by atoms with Gasteiger partial charge >= 0.3 is 0 Å². The fraction of sp³-hybridized carbons (Fsp3) is 0.364. The lowest BCUT2D eigenvalue weighted by Gasteiger charge is -2.11. The van der Waals surface area contributed by atoms with Crippen LogP contribution < -0.4 is 10.6 Å². The van der Waals surface area contributed by atoms with Gasteiger partial charge in [-0.25, -0.2) is 0 Å². The number of nitrogens with one attached hydrogen (secondary N) is 2. The number of amides is 1. The highest BCUT2D eigenvalue weighted by atomic mass is 16.3. The Hall–Kier alpha value is -1.73. The molecule has 0 aliphatic rings. The molecule has 0 radical (unpaired) electrons. The molecule has 0 fully saturated rings. The van der Waals surface area contributed by atoms with Crippen molar-refractivity contribution in [2.75, 3.05) is 6.54 Å². The van der Waals surface area contributed by atoms with Gasteiger partial charge in [0.25, 0.3) is 0 Å². The first kappa shape index (κ1) is 11.3. The van der Waals surface area contributed by atoms with Crippen LogP contribution in [0.25, 0.3) is 0 Å². The van der Waals surface area contributed by atoms with Crippen LogP contribution in [0.3, 0.4) is 0 Å². The standard InChI is InChI=1S/C11H14N2O2/c1-3-6-12-9(2)11(14)13-8-10-5-4-7-15-10/h1,4-5,7,9,12H,6,8H2,2H3,(H,13,14). The molecular formula is C11H14N2O2. The minimum atomic E-state index is -0.295. The summed E-state index contributed by atoms with van der Waals surface area (Å²) in [7, 11) is 0. The van der Waals surface area contributed by atoms with Crippen LogP contribution in [0.5, 0.6) is 0 Å². The molecule has 0 aliphatic carbocycles. The van der Waals surface area contributed by atoms with Crippen LogP contribution in [0.1, 0.15) is 12.7 Å². The highest BCUT2D eigenvalue weighted by Crippen LogP contribution is 1.98. The Bertz CT molecular complexity index is 338. The maximum Gasteiger partial charge on any atom is 0.237 e. The van der Waals surface area contributed by atoms with E-state index in [0.29, 0.717) is 13.1 Å². The van der Waals surface area contributed by atoms with Crippen molar-refractivity contribution in [3.05, 3.63) is 24.2 Å². The van der Waals surface area contributed by atoms with E-state index in [-0.39, 0.29) is 11.9 Å². The third-order valence-corrected chi connectivity index (χ3v) is 1.92. The van der Waals surface area contributed by atoms with E-state index in [2.05, 4.69) is 16.6 Å². The second-order valence-electron chi connectivity index (χ2n) is 3.10. The third kappa shape index (κ3) is 3.88. The number of carbonyl (C=O) groups excluding carboxylic acids is 1. The topological polar surface area (TPSA) is 54.3 Å². The number of carbonyl (C=O) groups is 1. The normalized spacial score (nSPS) is 11.7. The fourth-order valence-corrected chi connectivity index (χ4v) is 1.05. The molecule has 1 aromatic rings. The van der Waals surface area contributed by atoms with Crippen molar-refractivity contribution in [1.82, 2.24) is 10.6 Å². The molecule has 4 nitrogen and oxygen atoms in total. The molecule has 1 heterocycles. The van der Waals surface area contributed by atoms with Crippen LogP contribution in [0.15, 0.2) is 22.8 Å². The summed E-state index contributed by atoms with van der Waals surface area (Å²) in [6.07, 6.45) is 6.64. The van der Waals surface area contributed by atoms with Crippen molar-refractivity contribution >= 4 is 5.91 Å². The van der Waals surface area contributed by atoms with Crippen LogP contribution in [0.4, 0.5) is 0 Å². The molecule has 0 aromatic carbocycles. The maximum absolute atomic E-state index is 11.5. The Morgan fingerprint density at radius 1 is 1.73 bits per heavy atom. The molecule has 0 spiro atoms. The second-order valence-corrected chi connectivity index (χ2v) is 3.10. The quantitative estimate of drug-likeness (QED) is 0.690. The third-order valence-electron chi connectivity index (χ3n) is 1.92. The molecule has 4 heteroatoms. The molecule has 1 unspecified atom stereocenters. The Kier molecular flexibility index (Phi) is 4.45. The summed E-state index contributed by atoms with van der Waals surface area (Å²) in [6, 6.07) is 3.29. The van der Waals surface area contributed by atoms with Gasteiger partial charge in [-0.15, -0.1) is 6.42 Å². The predicted molar refractivity (Wildman–Crippen MR) is 56.9 cm³/mol. The average Bonchev–Trinajstić information content (AvgIpc) is 2.75. The fourth-order valence-electron chi connectivity index (χ4n) is 1.05. The van der Waals surface area contributed by atoms with E-state index in [1.807, 2.05) is 0 Å². The number of terminal acetylenes is 1. The van der Waals surface area contributed by atoms with Gasteiger partial charge in [-0.3, -0.25) is 10.1 Å². The average molecular weight is 206 g/mol. The Morgan fingerprint density at radius 2 is 2.53 bits per heavy atom. The number of hydrogen-bond acceptors (Lipinski definition) is 3. The van der Waals surface area contributed by atoms with Gasteiger partial charge in [-0.2, -0.15) is 0 Å². The zero-order chi connectivity index (χ0) is 11.1. The number of rotatable bonds is 5. The van der Waals surface area contributed by atoms with Crippen molar-refractivity contribution in [1.29, 1.82) is 0 Å². The summed E-state index contributed by atoms with van der Waals surface area (Å²) < 4.78 is 5.08. The summed E-state index contributed by atoms with van der Waals surface area (Å²) in [5.41, 5.74) is 0. The van der Waals surface area contributed by atoms with Crippen molar-refractivity contribution in [2.24, 2.45) is 0 Å². The Labute approximate surface area is 89.0 Å². The molecule has 0 aliphatic heterocycles. The van der Waals surface area contributed by atoms with Gasteiger partial charge in [-0.1, -0.05) is 5.92 Å². The van der Waals surface area contributed by atoms with Crippen molar-refractivity contribution in [3.63, 3.8) is 0 Å². The van der Waals surface area contributed by atoms with E-state index in [0.717, 1.165) is 5.76 Å². The molecule has 0 saturated heterocycles. The van der Waals surface area contributed by atoms with E-state index >= 15 is 0 Å². The smallest absolute Gasteiger partial charge is 0.237 e. The molecule has 2 N–H and O–H groups in total. The minimum absolute atomic E-state index is 0.0957. The van der Waals surface area contributed by atoms with Crippen LogP contribution >= 0.6 is 0 Å². The van der Waals surface area contributed by atoms with E-state index in [1.165, 1.54) is 0 Å². The number of hydrogen-bond donors (Lipinski definition) is 2. The summed E-state index contributed by atoms with van der Waals surface area (Å²) in [5, 5.41) is 5.61. The molecule has 15 heavy (non-hydrogen) atoms. The van der Waals surface area contributed by atoms with Crippen LogP contribution in [-0.4, -0.2) is 18.5 Å². The summed E-state index contributed by atoms with van der Waals surface area (Å²) in [4.78, 5) is 11.5. The number of furan rings is 1. The maximum atomic E-state index is 11.5. The lowest BCUT2D eigenvalue weighted by Crippen LogP contribution is -2.41. The van der Waals surface area contributed by atoms with Crippen LogP contribution in [0.2, 0.25) is 0 Å². The lowest BCUT2D eigenvalue weighted by atomic mass is 10.3. The van der Waals surface area contributed by atoms with Crippen molar-refractivity contribution in [2.45, 2.75) is 19.5 Å². The summed E-state index contributed by atoms with van der Waals surface area (Å²) in [6.45, 7) is 2.54. The Morgan fingerprint density at radius 3 is 3.13 bits per heavy atom. The largest absolute Gasteiger partial charge is 0.467 e. The van der Waals surface area contributed by atoms with E-state index in [4.69, 9.17) is 10.8 Å². The van der Waals surface area contributed by atoms with Gasteiger partial charge in [-0.05, 0) is 19.1 Å². The molecule has 1 rings (SSSR count). The monoisotopic (exact) mass is 206 g/mol. The highest BCUT2D eigenvalue weighted by molar-refractivity contribution is 5.81. The van der Waals surface area contributed by atoms with E-state index < -0.39 is 0 Å². The van der Waals surface area contributed by atoms with E-state index in [1.54, 1.807) is 25.3 Å². The summed E-state index contributed by atoms with van der Waals surface area (Å²) >= 11 is 0. The Balaban J connectivity index is 2.27. The molecule has 1 aromatic heterocycles. The second kappa shape index (κ2) is 5.89. The molecule has 1 atom stereocenters.